The summed E-state index contributed by atoms with van der Waals surface area (Å²) >= 11 is 0. The normalized spacial score (nSPS) is 15.7. The Hall–Kier alpha value is -1.42. The molecule has 4 nitrogen and oxygen atoms in total. The monoisotopic (exact) mass is 247 g/mol. The number of rotatable bonds is 3. The van der Waals surface area contributed by atoms with Crippen LogP contribution in [0.5, 0.6) is 0 Å². The molecule has 1 aliphatic heterocycles. The smallest absolute Gasteiger partial charge is 0.243 e. The molecule has 1 aromatic rings. The van der Waals surface area contributed by atoms with E-state index in [2.05, 4.69) is 43.8 Å². The molecule has 0 spiro atoms. The number of carbonyl (C=O) groups excluding carboxylic acids is 1. The van der Waals surface area contributed by atoms with Gasteiger partial charge in [0.1, 0.15) is 0 Å². The summed E-state index contributed by atoms with van der Waals surface area (Å²) in [6.07, 6.45) is 3.11. The van der Waals surface area contributed by atoms with Gasteiger partial charge >= 0.3 is 0 Å². The first kappa shape index (κ1) is 13.0. The molecule has 4 heteroatoms. The van der Waals surface area contributed by atoms with Gasteiger partial charge in [-0.3, -0.25) is 4.79 Å². The first-order chi connectivity index (χ1) is 8.52. The van der Waals surface area contributed by atoms with Crippen LogP contribution in [-0.2, 0) is 11.2 Å². The van der Waals surface area contributed by atoms with E-state index in [1.807, 2.05) is 6.07 Å². The van der Waals surface area contributed by atoms with Gasteiger partial charge in [0, 0.05) is 24.7 Å². The third-order valence-electron chi connectivity index (χ3n) is 3.20. The largest absolute Gasteiger partial charge is 0.273 e. The zero-order valence-electron chi connectivity index (χ0n) is 11.6. The molecule has 2 rings (SSSR count). The fourth-order valence-corrected chi connectivity index (χ4v) is 2.58. The van der Waals surface area contributed by atoms with E-state index in [9.17, 15) is 4.79 Å². The second kappa shape index (κ2) is 5.06. The summed E-state index contributed by atoms with van der Waals surface area (Å²) in [5, 5.41) is 3.88. The molecule has 2 heterocycles. The molecule has 0 radical (unpaired) electrons. The van der Waals surface area contributed by atoms with Crippen LogP contribution in [0.4, 0.5) is 5.82 Å². The number of hydrazine groups is 1. The van der Waals surface area contributed by atoms with Gasteiger partial charge in [-0.1, -0.05) is 6.07 Å². The highest BCUT2D eigenvalue weighted by Crippen LogP contribution is 2.28. The predicted octanol–water partition coefficient (Wildman–Crippen LogP) is 2.39. The number of nitrogens with zero attached hydrogens (tertiary/aromatic N) is 3. The quantitative estimate of drug-likeness (QED) is 0.823. The molecular formula is C14H21N3O. The van der Waals surface area contributed by atoms with E-state index in [0.29, 0.717) is 6.42 Å². The molecule has 0 N–H and O–H groups in total. The molecule has 0 saturated heterocycles. The number of hydrogen-bond acceptors (Lipinski definition) is 3. The number of hydrogen-bond donors (Lipinski definition) is 0. The van der Waals surface area contributed by atoms with Crippen LogP contribution in [0.1, 0.15) is 39.7 Å². The van der Waals surface area contributed by atoms with Gasteiger partial charge in [-0.2, -0.15) is 0 Å². The third-order valence-corrected chi connectivity index (χ3v) is 3.20. The summed E-state index contributed by atoms with van der Waals surface area (Å²) in [6.45, 7) is 8.41. The van der Waals surface area contributed by atoms with Gasteiger partial charge < -0.3 is 0 Å². The summed E-state index contributed by atoms with van der Waals surface area (Å²) in [5.41, 5.74) is 1.16. The molecule has 18 heavy (non-hydrogen) atoms. The molecule has 1 aromatic heterocycles. The number of carbonyl (C=O) groups is 1. The first-order valence-electron chi connectivity index (χ1n) is 6.57. The van der Waals surface area contributed by atoms with Gasteiger partial charge in [0.2, 0.25) is 5.91 Å². The Labute approximate surface area is 109 Å². The highest BCUT2D eigenvalue weighted by atomic mass is 16.2. The minimum Gasteiger partial charge on any atom is -0.273 e. The summed E-state index contributed by atoms with van der Waals surface area (Å²) in [5.74, 6) is 0.944. The second-order valence-corrected chi connectivity index (χ2v) is 5.26. The van der Waals surface area contributed by atoms with Crippen molar-refractivity contribution in [2.24, 2.45) is 0 Å². The Balaban J connectivity index is 2.45. The van der Waals surface area contributed by atoms with Gasteiger partial charge in [0.15, 0.2) is 5.82 Å². The van der Waals surface area contributed by atoms with Gasteiger partial charge in [-0.25, -0.2) is 15.0 Å². The molecular weight excluding hydrogens is 226 g/mol. The van der Waals surface area contributed by atoms with Crippen molar-refractivity contribution < 1.29 is 4.79 Å². The van der Waals surface area contributed by atoms with E-state index in [4.69, 9.17) is 0 Å². The molecule has 1 aliphatic rings. The van der Waals surface area contributed by atoms with Gasteiger partial charge in [-0.15, -0.1) is 0 Å². The Morgan fingerprint density at radius 2 is 1.89 bits per heavy atom. The van der Waals surface area contributed by atoms with E-state index in [1.165, 1.54) is 0 Å². The van der Waals surface area contributed by atoms with Crippen LogP contribution in [0, 0.1) is 0 Å². The lowest BCUT2D eigenvalue weighted by atomic mass is 10.1. The van der Waals surface area contributed by atoms with Crippen molar-refractivity contribution in [2.75, 3.05) is 5.01 Å². The summed E-state index contributed by atoms with van der Waals surface area (Å²) in [4.78, 5) is 16.7. The third kappa shape index (κ3) is 2.25. The number of aryl methyl sites for hydroxylation is 1. The zero-order valence-corrected chi connectivity index (χ0v) is 11.6. The molecule has 0 atom stereocenters. The molecule has 0 aromatic carbocycles. The molecule has 0 bridgehead atoms. The maximum atomic E-state index is 12.3. The van der Waals surface area contributed by atoms with E-state index >= 15 is 0 Å². The van der Waals surface area contributed by atoms with Crippen molar-refractivity contribution in [1.29, 1.82) is 0 Å². The van der Waals surface area contributed by atoms with Crippen molar-refractivity contribution in [3.8, 4) is 0 Å². The lowest BCUT2D eigenvalue weighted by Gasteiger charge is -2.42. The van der Waals surface area contributed by atoms with Crippen LogP contribution in [-0.4, -0.2) is 28.0 Å². The topological polar surface area (TPSA) is 36.4 Å². The van der Waals surface area contributed by atoms with Crippen molar-refractivity contribution in [2.45, 2.75) is 52.6 Å². The van der Waals surface area contributed by atoms with Crippen molar-refractivity contribution >= 4 is 11.7 Å². The predicted molar refractivity (Wildman–Crippen MR) is 72.2 cm³/mol. The molecule has 0 saturated carbocycles. The lowest BCUT2D eigenvalue weighted by Crippen LogP contribution is -2.55. The number of anilines is 1. The SMILES string of the molecule is CC(C)N(C(C)C)N1C(=O)CCc2cccnc21. The lowest BCUT2D eigenvalue weighted by molar-refractivity contribution is -0.123. The summed E-state index contributed by atoms with van der Waals surface area (Å²) in [7, 11) is 0. The number of pyridine rings is 1. The molecule has 1 amide bonds. The average Bonchev–Trinajstić information content (AvgIpc) is 2.31. The van der Waals surface area contributed by atoms with Crippen LogP contribution in [0.3, 0.4) is 0 Å². The van der Waals surface area contributed by atoms with Crippen LogP contribution < -0.4 is 5.01 Å². The maximum absolute atomic E-state index is 12.3. The minimum atomic E-state index is 0.142. The Morgan fingerprint density at radius 3 is 2.50 bits per heavy atom. The first-order valence-corrected chi connectivity index (χ1v) is 6.57. The van der Waals surface area contributed by atoms with Crippen molar-refractivity contribution in [3.05, 3.63) is 23.9 Å². The molecule has 0 unspecified atom stereocenters. The van der Waals surface area contributed by atoms with Crippen molar-refractivity contribution in [1.82, 2.24) is 9.99 Å². The maximum Gasteiger partial charge on any atom is 0.243 e. The Morgan fingerprint density at radius 1 is 1.22 bits per heavy atom. The number of aromatic nitrogens is 1. The highest BCUT2D eigenvalue weighted by Gasteiger charge is 2.32. The Kier molecular flexibility index (Phi) is 3.66. The van der Waals surface area contributed by atoms with Gasteiger partial charge in [0.25, 0.3) is 0 Å². The van der Waals surface area contributed by atoms with Crippen molar-refractivity contribution in [3.63, 3.8) is 0 Å². The second-order valence-electron chi connectivity index (χ2n) is 5.26. The van der Waals surface area contributed by atoms with E-state index in [1.54, 1.807) is 11.2 Å². The zero-order chi connectivity index (χ0) is 13.3. The molecule has 0 fully saturated rings. The molecule has 0 aliphatic carbocycles. The van der Waals surface area contributed by atoms with Crippen LogP contribution in [0.15, 0.2) is 18.3 Å². The van der Waals surface area contributed by atoms with Crippen LogP contribution in [0.25, 0.3) is 0 Å². The average molecular weight is 247 g/mol. The van der Waals surface area contributed by atoms with Crippen LogP contribution in [0.2, 0.25) is 0 Å². The highest BCUT2D eigenvalue weighted by molar-refractivity contribution is 5.94. The summed E-state index contributed by atoms with van der Waals surface area (Å²) in [6, 6.07) is 4.52. The Bertz CT molecular complexity index is 434. The number of amides is 1. The summed E-state index contributed by atoms with van der Waals surface area (Å²) < 4.78 is 0. The van der Waals surface area contributed by atoms with Gasteiger partial charge in [0.05, 0.1) is 0 Å². The van der Waals surface area contributed by atoms with E-state index in [-0.39, 0.29) is 18.0 Å². The minimum absolute atomic E-state index is 0.142. The van der Waals surface area contributed by atoms with Crippen LogP contribution >= 0.6 is 0 Å². The van der Waals surface area contributed by atoms with E-state index in [0.717, 1.165) is 17.8 Å². The van der Waals surface area contributed by atoms with Gasteiger partial charge in [-0.05, 0) is 45.7 Å². The fourth-order valence-electron chi connectivity index (χ4n) is 2.58. The molecule has 98 valence electrons. The van der Waals surface area contributed by atoms with E-state index < -0.39 is 0 Å². The number of fused-ring (bicyclic) bond motifs is 1. The fraction of sp³-hybridized carbons (Fsp3) is 0.571. The standard InChI is InChI=1S/C14H21N3O/c1-10(2)16(11(3)4)17-13(18)8-7-12-6-5-9-15-14(12)17/h5-6,9-11H,7-8H2,1-4H3.